The second kappa shape index (κ2) is 9.03. The first kappa shape index (κ1) is 20.9. The molecular weight excluding hydrogens is 558 g/mol. The van der Waals surface area contributed by atoms with Crippen LogP contribution in [0.2, 0.25) is 0 Å². The molecule has 0 aliphatic rings. The maximum atomic E-state index is 11.8. The van der Waals surface area contributed by atoms with Crippen molar-refractivity contribution in [3.05, 3.63) is 54.7 Å². The van der Waals surface area contributed by atoms with E-state index in [2.05, 4.69) is 31.3 Å². The van der Waals surface area contributed by atoms with Crippen LogP contribution in [0.3, 0.4) is 0 Å². The molecule has 0 unspecified atom stereocenters. The van der Waals surface area contributed by atoms with Crippen molar-refractivity contribution in [2.45, 2.75) is 26.2 Å². The number of carbonyl (C=O) groups excluding carboxylic acids is 1. The van der Waals surface area contributed by atoms with Crippen LogP contribution in [0.4, 0.5) is 0 Å². The van der Waals surface area contributed by atoms with E-state index in [9.17, 15) is 9.90 Å². The molecular formula is C19H20I2N2O3. The molecule has 2 aromatic rings. The van der Waals surface area contributed by atoms with Gasteiger partial charge >= 0.3 is 0 Å². The first-order chi connectivity index (χ1) is 12.2. The molecule has 26 heavy (non-hydrogen) atoms. The summed E-state index contributed by atoms with van der Waals surface area (Å²) < 4.78 is 6.92. The van der Waals surface area contributed by atoms with E-state index in [1.807, 2.05) is 69.4 Å². The van der Waals surface area contributed by atoms with Crippen LogP contribution in [0.5, 0.6) is 11.5 Å². The van der Waals surface area contributed by atoms with E-state index in [1.165, 1.54) is 11.8 Å². The third kappa shape index (κ3) is 6.11. The fourth-order valence-corrected chi connectivity index (χ4v) is 3.89. The number of rotatable bonds is 5. The van der Waals surface area contributed by atoms with Crippen LogP contribution in [0.25, 0.3) is 0 Å². The number of nitrogens with zero attached hydrogens (tertiary/aromatic N) is 1. The number of hydrazone groups is 1. The predicted octanol–water partition coefficient (Wildman–Crippen LogP) is 4.43. The Morgan fingerprint density at radius 3 is 2.31 bits per heavy atom. The average molecular weight is 578 g/mol. The summed E-state index contributed by atoms with van der Waals surface area (Å²) in [5.74, 6) is 0.544. The van der Waals surface area contributed by atoms with Crippen molar-refractivity contribution in [1.29, 1.82) is 0 Å². The Bertz CT molecular complexity index is 790. The molecule has 0 bridgehead atoms. The van der Waals surface area contributed by atoms with Gasteiger partial charge in [0.25, 0.3) is 5.91 Å². The molecule has 0 radical (unpaired) electrons. The van der Waals surface area contributed by atoms with Crippen LogP contribution < -0.4 is 10.2 Å². The molecule has 0 aliphatic carbocycles. The topological polar surface area (TPSA) is 70.9 Å². The number of benzene rings is 2. The number of halogens is 2. The zero-order chi connectivity index (χ0) is 19.3. The van der Waals surface area contributed by atoms with Gasteiger partial charge in [-0.15, -0.1) is 0 Å². The Balaban J connectivity index is 1.85. The van der Waals surface area contributed by atoms with Crippen molar-refractivity contribution in [2.24, 2.45) is 5.10 Å². The maximum absolute atomic E-state index is 11.8. The molecule has 2 aromatic carbocycles. The molecule has 2 N–H and O–H groups in total. The third-order valence-corrected chi connectivity index (χ3v) is 5.18. The van der Waals surface area contributed by atoms with Gasteiger partial charge in [0.15, 0.2) is 6.61 Å². The SMILES string of the molecule is CC(C)(C)c1ccc(OCC(=O)NN=Cc2cc(I)c(O)c(I)c2)cc1. The first-order valence-corrected chi connectivity index (χ1v) is 10.1. The van der Waals surface area contributed by atoms with Crippen molar-refractivity contribution in [2.75, 3.05) is 6.61 Å². The quantitative estimate of drug-likeness (QED) is 0.314. The maximum Gasteiger partial charge on any atom is 0.277 e. The van der Waals surface area contributed by atoms with Crippen molar-refractivity contribution >= 4 is 57.3 Å². The van der Waals surface area contributed by atoms with Gasteiger partial charge in [-0.25, -0.2) is 5.43 Å². The van der Waals surface area contributed by atoms with E-state index in [4.69, 9.17) is 4.74 Å². The molecule has 0 saturated heterocycles. The Hall–Kier alpha value is -1.36. The molecule has 0 aromatic heterocycles. The summed E-state index contributed by atoms with van der Waals surface area (Å²) >= 11 is 4.09. The Kier molecular flexibility index (Phi) is 7.27. The van der Waals surface area contributed by atoms with Gasteiger partial charge < -0.3 is 9.84 Å². The minimum atomic E-state index is -0.343. The zero-order valence-corrected chi connectivity index (χ0v) is 19.0. The number of hydrogen-bond donors (Lipinski definition) is 2. The molecule has 0 fully saturated rings. The average Bonchev–Trinajstić information content (AvgIpc) is 2.57. The Morgan fingerprint density at radius 1 is 1.19 bits per heavy atom. The minimum absolute atomic E-state index is 0.0779. The van der Waals surface area contributed by atoms with E-state index in [1.54, 1.807) is 12.1 Å². The van der Waals surface area contributed by atoms with Gasteiger partial charge in [-0.05, 0) is 86.0 Å². The van der Waals surface area contributed by atoms with Crippen LogP contribution >= 0.6 is 45.2 Å². The summed E-state index contributed by atoms with van der Waals surface area (Å²) in [4.78, 5) is 11.8. The Morgan fingerprint density at radius 2 is 1.77 bits per heavy atom. The van der Waals surface area contributed by atoms with Gasteiger partial charge in [-0.2, -0.15) is 5.10 Å². The second-order valence-corrected chi connectivity index (χ2v) is 9.01. The smallest absolute Gasteiger partial charge is 0.277 e. The Labute approximate surface area is 180 Å². The normalized spacial score (nSPS) is 11.6. The van der Waals surface area contributed by atoms with Gasteiger partial charge in [0, 0.05) is 0 Å². The second-order valence-electron chi connectivity index (χ2n) is 6.69. The number of carbonyl (C=O) groups is 1. The molecule has 0 aliphatic heterocycles. The molecule has 2 rings (SSSR count). The van der Waals surface area contributed by atoms with Crippen molar-refractivity contribution < 1.29 is 14.6 Å². The van der Waals surface area contributed by atoms with Crippen LogP contribution in [-0.4, -0.2) is 23.8 Å². The van der Waals surface area contributed by atoms with Crippen molar-refractivity contribution in [3.8, 4) is 11.5 Å². The van der Waals surface area contributed by atoms with Crippen LogP contribution in [0.1, 0.15) is 31.9 Å². The van der Waals surface area contributed by atoms with Gasteiger partial charge in [-0.3, -0.25) is 4.79 Å². The number of phenols is 1. The van der Waals surface area contributed by atoms with E-state index < -0.39 is 0 Å². The fourth-order valence-electron chi connectivity index (χ4n) is 2.07. The number of amides is 1. The number of nitrogens with one attached hydrogen (secondary N) is 1. The molecule has 0 spiro atoms. The lowest BCUT2D eigenvalue weighted by Crippen LogP contribution is -2.24. The van der Waals surface area contributed by atoms with Gasteiger partial charge in [0.1, 0.15) is 11.5 Å². The summed E-state index contributed by atoms with van der Waals surface area (Å²) in [6.07, 6.45) is 1.53. The van der Waals surface area contributed by atoms with Crippen LogP contribution in [0, 0.1) is 7.14 Å². The largest absolute Gasteiger partial charge is 0.506 e. The van der Waals surface area contributed by atoms with Crippen LogP contribution in [0.15, 0.2) is 41.5 Å². The highest BCUT2D eigenvalue weighted by Crippen LogP contribution is 2.27. The van der Waals surface area contributed by atoms with E-state index in [0.29, 0.717) is 5.75 Å². The first-order valence-electron chi connectivity index (χ1n) is 7.90. The highest BCUT2D eigenvalue weighted by molar-refractivity contribution is 14.1. The third-order valence-electron chi connectivity index (χ3n) is 3.53. The predicted molar refractivity (Wildman–Crippen MR) is 120 cm³/mol. The van der Waals surface area contributed by atoms with Crippen molar-refractivity contribution in [3.63, 3.8) is 0 Å². The van der Waals surface area contributed by atoms with E-state index in [0.717, 1.165) is 12.7 Å². The molecule has 1 amide bonds. The highest BCUT2D eigenvalue weighted by atomic mass is 127. The summed E-state index contributed by atoms with van der Waals surface area (Å²) in [5, 5.41) is 13.7. The number of aromatic hydroxyl groups is 1. The standard InChI is InChI=1S/C19H20I2N2O3/c1-19(2,3)13-4-6-14(7-5-13)26-11-17(24)23-22-10-12-8-15(20)18(25)16(21)9-12/h4-10,25H,11H2,1-3H3,(H,23,24). The number of ether oxygens (including phenoxy) is 1. The molecule has 7 heteroatoms. The summed E-state index contributed by atoms with van der Waals surface area (Å²) in [6, 6.07) is 11.3. The number of hydrogen-bond acceptors (Lipinski definition) is 4. The summed E-state index contributed by atoms with van der Waals surface area (Å²) in [7, 11) is 0. The van der Waals surface area contributed by atoms with Gasteiger partial charge in [-0.1, -0.05) is 32.9 Å². The lowest BCUT2D eigenvalue weighted by atomic mass is 9.87. The molecule has 0 saturated carbocycles. The van der Waals surface area contributed by atoms with Crippen molar-refractivity contribution in [1.82, 2.24) is 5.43 Å². The van der Waals surface area contributed by atoms with E-state index >= 15 is 0 Å². The van der Waals surface area contributed by atoms with Gasteiger partial charge in [0.2, 0.25) is 0 Å². The lowest BCUT2D eigenvalue weighted by molar-refractivity contribution is -0.123. The number of phenolic OH excluding ortho intramolecular Hbond substituents is 1. The molecule has 5 nitrogen and oxygen atoms in total. The highest BCUT2D eigenvalue weighted by Gasteiger charge is 2.13. The zero-order valence-electron chi connectivity index (χ0n) is 14.7. The van der Waals surface area contributed by atoms with Gasteiger partial charge in [0.05, 0.1) is 13.4 Å². The molecule has 0 heterocycles. The lowest BCUT2D eigenvalue weighted by Gasteiger charge is -2.19. The fraction of sp³-hybridized carbons (Fsp3) is 0.263. The minimum Gasteiger partial charge on any atom is -0.506 e. The summed E-state index contributed by atoms with van der Waals surface area (Å²) in [6.45, 7) is 6.32. The summed E-state index contributed by atoms with van der Waals surface area (Å²) in [5.41, 5.74) is 4.50. The van der Waals surface area contributed by atoms with Crippen LogP contribution in [-0.2, 0) is 10.2 Å². The molecule has 0 atom stereocenters. The monoisotopic (exact) mass is 578 g/mol. The van der Waals surface area contributed by atoms with E-state index in [-0.39, 0.29) is 23.7 Å². The molecule has 138 valence electrons.